The molecule has 1 aromatic rings. The van der Waals surface area contributed by atoms with E-state index in [1.54, 1.807) is 0 Å². The molecule has 8 nitrogen and oxygen atoms in total. The van der Waals surface area contributed by atoms with Crippen molar-refractivity contribution in [3.63, 3.8) is 0 Å². The molecule has 0 unspecified atom stereocenters. The lowest BCUT2D eigenvalue weighted by Crippen LogP contribution is -2.42. The average molecular weight is 356 g/mol. The van der Waals surface area contributed by atoms with Crippen LogP contribution >= 0.6 is 0 Å². The molecular weight excluding hydrogens is 332 g/mol. The van der Waals surface area contributed by atoms with Crippen molar-refractivity contribution in [2.75, 3.05) is 13.2 Å². The predicted octanol–water partition coefficient (Wildman–Crippen LogP) is -0.147. The topological polar surface area (TPSA) is 145 Å². The van der Waals surface area contributed by atoms with Crippen molar-refractivity contribution in [2.45, 2.75) is 38.6 Å². The Labute approximate surface area is 145 Å². The van der Waals surface area contributed by atoms with Gasteiger partial charge in [0.15, 0.2) is 5.78 Å². The molecule has 0 saturated carbocycles. The molecule has 140 valence electrons. The molecule has 0 aliphatic heterocycles. The number of aliphatic hydroxyl groups excluding tert-OH is 4. The first-order valence-corrected chi connectivity index (χ1v) is 7.85. The highest BCUT2D eigenvalue weighted by Gasteiger charge is 2.25. The average Bonchev–Trinajstić information content (AvgIpc) is 2.57. The van der Waals surface area contributed by atoms with Gasteiger partial charge >= 0.3 is 5.97 Å². The van der Waals surface area contributed by atoms with Gasteiger partial charge in [-0.15, -0.1) is 0 Å². The van der Waals surface area contributed by atoms with E-state index in [-0.39, 0.29) is 35.0 Å². The number of Topliss-reactive ketones (excluding diaryl/α,β-unsaturated/α-hetero) is 1. The van der Waals surface area contributed by atoms with E-state index in [2.05, 4.69) is 0 Å². The van der Waals surface area contributed by atoms with Gasteiger partial charge in [0.25, 0.3) is 0 Å². The summed E-state index contributed by atoms with van der Waals surface area (Å²) in [6.07, 6.45) is -4.63. The zero-order valence-electron chi connectivity index (χ0n) is 14.1. The van der Waals surface area contributed by atoms with Gasteiger partial charge in [-0.3, -0.25) is 4.79 Å². The molecule has 0 radical (unpaired) electrons. The van der Waals surface area contributed by atoms with Gasteiger partial charge in [-0.1, -0.05) is 13.8 Å². The van der Waals surface area contributed by atoms with Crippen molar-refractivity contribution in [1.29, 1.82) is 0 Å². The van der Waals surface area contributed by atoms with Gasteiger partial charge in [0.05, 0.1) is 17.7 Å². The minimum atomic E-state index is -1.68. The second kappa shape index (κ2) is 9.47. The molecule has 0 saturated heterocycles. The largest absolute Gasteiger partial charge is 0.507 e. The lowest BCUT2D eigenvalue weighted by molar-refractivity contribution is -0.0925. The molecule has 0 aromatic heterocycles. The predicted molar refractivity (Wildman–Crippen MR) is 87.3 cm³/mol. The SMILES string of the molecule is CC(C)CC(=O)c1cc(C(=O)OC[C@@H](O)[C@H](O)[C@H](O)CO)ccc1O. The van der Waals surface area contributed by atoms with E-state index in [1.807, 2.05) is 13.8 Å². The molecule has 0 aliphatic rings. The number of carbonyl (C=O) groups excluding carboxylic acids is 2. The molecule has 0 amide bonds. The van der Waals surface area contributed by atoms with Gasteiger partial charge in [-0.05, 0) is 24.1 Å². The van der Waals surface area contributed by atoms with Gasteiger partial charge in [0.2, 0.25) is 0 Å². The summed E-state index contributed by atoms with van der Waals surface area (Å²) in [4.78, 5) is 24.1. The molecule has 3 atom stereocenters. The van der Waals surface area contributed by atoms with E-state index in [1.165, 1.54) is 18.2 Å². The lowest BCUT2D eigenvalue weighted by atomic mass is 9.99. The standard InChI is InChI=1S/C17H24O8/c1-9(2)5-13(20)11-6-10(3-4-12(11)19)17(24)25-8-15(22)16(23)14(21)7-18/h3-4,6,9,14-16,18-19,21-23H,5,7-8H2,1-2H3/t14-,15-,16-/m1/s1. The third-order valence-electron chi connectivity index (χ3n) is 3.49. The van der Waals surface area contributed by atoms with Crippen molar-refractivity contribution >= 4 is 11.8 Å². The van der Waals surface area contributed by atoms with Crippen LogP contribution in [0.5, 0.6) is 5.75 Å². The van der Waals surface area contributed by atoms with Crippen LogP contribution in [-0.4, -0.2) is 68.8 Å². The summed E-state index contributed by atoms with van der Waals surface area (Å²) >= 11 is 0. The normalized spacial score (nSPS) is 14.8. The number of rotatable bonds is 9. The van der Waals surface area contributed by atoms with Crippen molar-refractivity contribution in [2.24, 2.45) is 5.92 Å². The minimum Gasteiger partial charge on any atom is -0.507 e. The van der Waals surface area contributed by atoms with Crippen molar-refractivity contribution in [1.82, 2.24) is 0 Å². The summed E-state index contributed by atoms with van der Waals surface area (Å²) in [5, 5.41) is 46.8. The first-order chi connectivity index (χ1) is 11.7. The van der Waals surface area contributed by atoms with Crippen molar-refractivity contribution < 1.29 is 39.9 Å². The van der Waals surface area contributed by atoms with Crippen molar-refractivity contribution in [3.8, 4) is 5.75 Å². The molecule has 5 N–H and O–H groups in total. The molecule has 0 heterocycles. The summed E-state index contributed by atoms with van der Waals surface area (Å²) in [7, 11) is 0. The third kappa shape index (κ3) is 6.09. The van der Waals surface area contributed by atoms with Crippen LogP contribution in [0.3, 0.4) is 0 Å². The lowest BCUT2D eigenvalue weighted by Gasteiger charge is -2.21. The van der Waals surface area contributed by atoms with Crippen LogP contribution in [0.1, 0.15) is 41.0 Å². The molecule has 1 rings (SSSR count). The zero-order chi connectivity index (χ0) is 19.1. The Balaban J connectivity index is 2.77. The summed E-state index contributed by atoms with van der Waals surface area (Å²) in [5.74, 6) is -1.35. The molecule has 1 aromatic carbocycles. The van der Waals surface area contributed by atoms with Gasteiger partial charge in [-0.2, -0.15) is 0 Å². The highest BCUT2D eigenvalue weighted by atomic mass is 16.5. The Morgan fingerprint density at radius 1 is 1.12 bits per heavy atom. The minimum absolute atomic E-state index is 0.000522. The summed E-state index contributed by atoms with van der Waals surface area (Å²) in [6.45, 7) is 2.32. The number of hydrogen-bond acceptors (Lipinski definition) is 8. The molecule has 8 heteroatoms. The molecular formula is C17H24O8. The smallest absolute Gasteiger partial charge is 0.338 e. The highest BCUT2D eigenvalue weighted by Crippen LogP contribution is 2.22. The number of phenolic OH excluding ortho intramolecular Hbond substituents is 1. The fourth-order valence-electron chi connectivity index (χ4n) is 2.07. The van der Waals surface area contributed by atoms with E-state index in [0.717, 1.165) is 0 Å². The van der Waals surface area contributed by atoms with Crippen LogP contribution < -0.4 is 0 Å². The quantitative estimate of drug-likeness (QED) is 0.303. The maximum absolute atomic E-state index is 12.1. The van der Waals surface area contributed by atoms with Gasteiger partial charge in [-0.25, -0.2) is 4.79 Å². The van der Waals surface area contributed by atoms with Crippen LogP contribution in [0, 0.1) is 5.92 Å². The van der Waals surface area contributed by atoms with Crippen LogP contribution in [0.4, 0.5) is 0 Å². The number of benzene rings is 1. The first-order valence-electron chi connectivity index (χ1n) is 7.85. The molecule has 0 bridgehead atoms. The number of aromatic hydroxyl groups is 1. The second-order valence-electron chi connectivity index (χ2n) is 6.16. The monoisotopic (exact) mass is 356 g/mol. The molecule has 0 aliphatic carbocycles. The number of carbonyl (C=O) groups is 2. The first kappa shape index (κ1) is 21.0. The Kier molecular flexibility index (Phi) is 7.98. The van der Waals surface area contributed by atoms with E-state index >= 15 is 0 Å². The third-order valence-corrected chi connectivity index (χ3v) is 3.49. The number of aliphatic hydroxyl groups is 4. The molecule has 0 fully saturated rings. The zero-order valence-corrected chi connectivity index (χ0v) is 14.1. The second-order valence-corrected chi connectivity index (χ2v) is 6.16. The Morgan fingerprint density at radius 3 is 2.32 bits per heavy atom. The fraction of sp³-hybridized carbons (Fsp3) is 0.529. The van der Waals surface area contributed by atoms with E-state index in [4.69, 9.17) is 9.84 Å². The Morgan fingerprint density at radius 2 is 1.76 bits per heavy atom. The number of hydrogen-bond donors (Lipinski definition) is 5. The van der Waals surface area contributed by atoms with E-state index in [9.17, 15) is 30.0 Å². The summed E-state index contributed by atoms with van der Waals surface area (Å²) < 4.78 is 4.83. The van der Waals surface area contributed by atoms with Gasteiger partial charge < -0.3 is 30.3 Å². The van der Waals surface area contributed by atoms with Crippen LogP contribution in [0.15, 0.2) is 18.2 Å². The maximum atomic E-state index is 12.1. The number of phenols is 1. The number of ether oxygens (including phenoxy) is 1. The van der Waals surface area contributed by atoms with Crippen LogP contribution in [0.25, 0.3) is 0 Å². The number of ketones is 1. The highest BCUT2D eigenvalue weighted by molar-refractivity contribution is 6.01. The molecule has 0 spiro atoms. The molecule has 25 heavy (non-hydrogen) atoms. The van der Waals surface area contributed by atoms with E-state index < -0.39 is 37.5 Å². The van der Waals surface area contributed by atoms with Crippen molar-refractivity contribution in [3.05, 3.63) is 29.3 Å². The van der Waals surface area contributed by atoms with Gasteiger partial charge in [0.1, 0.15) is 30.7 Å². The van der Waals surface area contributed by atoms with Crippen LogP contribution in [-0.2, 0) is 4.74 Å². The van der Waals surface area contributed by atoms with Crippen LogP contribution in [0.2, 0.25) is 0 Å². The summed E-state index contributed by atoms with van der Waals surface area (Å²) in [5.41, 5.74) is -0.00580. The fourth-order valence-corrected chi connectivity index (χ4v) is 2.07. The Bertz CT molecular complexity index is 598. The Hall–Kier alpha value is -2.00. The van der Waals surface area contributed by atoms with E-state index in [0.29, 0.717) is 0 Å². The van der Waals surface area contributed by atoms with Gasteiger partial charge in [0, 0.05) is 6.42 Å². The number of esters is 1. The maximum Gasteiger partial charge on any atom is 0.338 e. The summed E-state index contributed by atoms with van der Waals surface area (Å²) in [6, 6.07) is 3.66.